The van der Waals surface area contributed by atoms with E-state index in [0.29, 0.717) is 17.2 Å². The highest BCUT2D eigenvalue weighted by Gasteiger charge is 2.23. The Balaban J connectivity index is 2.01. The lowest BCUT2D eigenvalue weighted by atomic mass is 9.86. The predicted molar refractivity (Wildman–Crippen MR) is 90.8 cm³/mol. The van der Waals surface area contributed by atoms with Gasteiger partial charge in [-0.05, 0) is 38.2 Å². The van der Waals surface area contributed by atoms with Gasteiger partial charge in [0.1, 0.15) is 18.2 Å². The molecule has 3 amide bonds. The fourth-order valence-electron chi connectivity index (χ4n) is 3.05. The molecule has 2 N–H and O–H groups in total. The first-order valence-corrected chi connectivity index (χ1v) is 8.42. The van der Waals surface area contributed by atoms with Crippen molar-refractivity contribution in [3.8, 4) is 6.07 Å². The summed E-state index contributed by atoms with van der Waals surface area (Å²) in [5.74, 6) is -0.278. The summed E-state index contributed by atoms with van der Waals surface area (Å²) in [5.41, 5.74) is 0.306. The molecule has 8 nitrogen and oxygen atoms in total. The molecule has 1 aliphatic carbocycles. The first-order valence-electron chi connectivity index (χ1n) is 8.42. The molecule has 1 aliphatic rings. The average molecular weight is 345 g/mol. The number of nitrogens with one attached hydrogen (secondary N) is 2. The molecule has 2 rings (SSSR count). The fourth-order valence-corrected chi connectivity index (χ4v) is 3.05. The fraction of sp³-hybridized carbons (Fsp3) is 0.588. The van der Waals surface area contributed by atoms with Crippen molar-refractivity contribution in [2.45, 2.75) is 59.0 Å². The van der Waals surface area contributed by atoms with Crippen LogP contribution >= 0.6 is 0 Å². The van der Waals surface area contributed by atoms with E-state index in [9.17, 15) is 14.4 Å². The summed E-state index contributed by atoms with van der Waals surface area (Å²) in [6, 6.07) is 1.32. The number of amides is 3. The molecule has 0 unspecified atom stereocenters. The van der Waals surface area contributed by atoms with Gasteiger partial charge in [-0.3, -0.25) is 14.9 Å². The van der Waals surface area contributed by atoms with Gasteiger partial charge in [0.15, 0.2) is 0 Å². The van der Waals surface area contributed by atoms with Crippen molar-refractivity contribution in [2.75, 3.05) is 0 Å². The maximum absolute atomic E-state index is 12.2. The molecule has 134 valence electrons. The van der Waals surface area contributed by atoms with Crippen molar-refractivity contribution in [1.82, 2.24) is 20.4 Å². The molecular formula is C17H23N5O3. The van der Waals surface area contributed by atoms with Gasteiger partial charge in [0.2, 0.25) is 5.91 Å². The number of hydrogen-bond donors (Lipinski definition) is 2. The first-order chi connectivity index (χ1) is 11.8. The molecule has 0 spiro atoms. The zero-order valence-electron chi connectivity index (χ0n) is 14.8. The van der Waals surface area contributed by atoms with E-state index < -0.39 is 24.0 Å². The molecule has 1 heterocycles. The van der Waals surface area contributed by atoms with Crippen LogP contribution in [0.4, 0.5) is 4.79 Å². The number of rotatable bonds is 3. The van der Waals surface area contributed by atoms with Crippen LogP contribution in [0.1, 0.15) is 49.4 Å². The quantitative estimate of drug-likeness (QED) is 0.852. The zero-order chi connectivity index (χ0) is 18.6. The maximum atomic E-state index is 12.2. The van der Waals surface area contributed by atoms with Gasteiger partial charge in [0.05, 0.1) is 5.69 Å². The second-order valence-corrected chi connectivity index (χ2v) is 6.55. The van der Waals surface area contributed by atoms with E-state index in [1.807, 2.05) is 6.07 Å². The third-order valence-corrected chi connectivity index (χ3v) is 4.72. The van der Waals surface area contributed by atoms with E-state index in [-0.39, 0.29) is 11.6 Å². The van der Waals surface area contributed by atoms with E-state index in [1.54, 1.807) is 13.8 Å². The molecule has 8 heteroatoms. The average Bonchev–Trinajstić information content (AvgIpc) is 2.55. The highest BCUT2D eigenvalue weighted by molar-refractivity contribution is 5.94. The lowest BCUT2D eigenvalue weighted by Gasteiger charge is -2.29. The smallest absolute Gasteiger partial charge is 0.321 e. The molecule has 0 saturated heterocycles. The van der Waals surface area contributed by atoms with Crippen molar-refractivity contribution in [3.05, 3.63) is 27.2 Å². The van der Waals surface area contributed by atoms with Crippen molar-refractivity contribution in [3.63, 3.8) is 0 Å². The van der Waals surface area contributed by atoms with Crippen LogP contribution in [-0.4, -0.2) is 27.8 Å². The Morgan fingerprint density at radius 2 is 2.00 bits per heavy atom. The molecule has 0 bridgehead atoms. The van der Waals surface area contributed by atoms with Crippen molar-refractivity contribution < 1.29 is 9.59 Å². The molecule has 1 saturated carbocycles. The van der Waals surface area contributed by atoms with E-state index in [0.717, 1.165) is 30.4 Å². The summed E-state index contributed by atoms with van der Waals surface area (Å²) < 4.78 is 0.909. The normalized spacial score (nSPS) is 19.8. The van der Waals surface area contributed by atoms with Crippen LogP contribution in [0, 0.1) is 31.1 Å². The van der Waals surface area contributed by atoms with E-state index in [4.69, 9.17) is 5.26 Å². The van der Waals surface area contributed by atoms with Gasteiger partial charge in [-0.1, -0.05) is 19.8 Å². The lowest BCUT2D eigenvalue weighted by Crippen LogP contribution is -2.49. The van der Waals surface area contributed by atoms with Gasteiger partial charge < -0.3 is 5.32 Å². The molecular weight excluding hydrogens is 322 g/mol. The second kappa shape index (κ2) is 7.92. The molecule has 0 aliphatic heterocycles. The largest absolute Gasteiger partial charge is 0.335 e. The third-order valence-electron chi connectivity index (χ3n) is 4.72. The summed E-state index contributed by atoms with van der Waals surface area (Å²) in [5, 5.41) is 18.1. The molecule has 25 heavy (non-hydrogen) atoms. The van der Waals surface area contributed by atoms with Crippen LogP contribution in [0.5, 0.6) is 0 Å². The van der Waals surface area contributed by atoms with Crippen LogP contribution in [-0.2, 0) is 11.3 Å². The third kappa shape index (κ3) is 4.44. The summed E-state index contributed by atoms with van der Waals surface area (Å²) in [6.45, 7) is 4.95. The van der Waals surface area contributed by atoms with Gasteiger partial charge in [-0.25, -0.2) is 9.48 Å². The van der Waals surface area contributed by atoms with Gasteiger partial charge >= 0.3 is 6.03 Å². The minimum Gasteiger partial charge on any atom is -0.335 e. The predicted octanol–water partition coefficient (Wildman–Crippen LogP) is 1.14. The van der Waals surface area contributed by atoms with Gasteiger partial charge in [-0.15, -0.1) is 0 Å². The minimum atomic E-state index is -0.650. The monoisotopic (exact) mass is 345 g/mol. The zero-order valence-corrected chi connectivity index (χ0v) is 14.8. The van der Waals surface area contributed by atoms with Crippen LogP contribution in [0.2, 0.25) is 0 Å². The standard InChI is InChI=1S/C17H23N5O3/c1-10-6-4-5-7-14(10)19-17(25)20-15(23)9-22-16(24)13(8-18)11(2)12(3)21-22/h10,14H,4-7,9H2,1-3H3,(H2,19,20,23,25)/t10-,14+/m1/s1. The number of aromatic nitrogens is 2. The number of aryl methyl sites for hydroxylation is 1. The maximum Gasteiger partial charge on any atom is 0.321 e. The highest BCUT2D eigenvalue weighted by Crippen LogP contribution is 2.23. The highest BCUT2D eigenvalue weighted by atomic mass is 16.2. The van der Waals surface area contributed by atoms with Crippen LogP contribution < -0.4 is 16.2 Å². The van der Waals surface area contributed by atoms with Gasteiger partial charge in [-0.2, -0.15) is 10.4 Å². The lowest BCUT2D eigenvalue weighted by molar-refractivity contribution is -0.120. The van der Waals surface area contributed by atoms with E-state index in [1.165, 1.54) is 0 Å². The van der Waals surface area contributed by atoms with Crippen LogP contribution in [0.3, 0.4) is 0 Å². The van der Waals surface area contributed by atoms with Gasteiger partial charge in [0, 0.05) is 6.04 Å². The second-order valence-electron chi connectivity index (χ2n) is 6.55. The Hall–Kier alpha value is -2.69. The molecule has 1 aromatic heterocycles. The first kappa shape index (κ1) is 18.6. The summed E-state index contributed by atoms with van der Waals surface area (Å²) in [4.78, 5) is 36.2. The molecule has 1 aromatic rings. The summed E-state index contributed by atoms with van der Waals surface area (Å²) in [7, 11) is 0. The number of hydrogen-bond acceptors (Lipinski definition) is 5. The van der Waals surface area contributed by atoms with E-state index >= 15 is 0 Å². The molecule has 1 fully saturated rings. The van der Waals surface area contributed by atoms with Crippen molar-refractivity contribution in [1.29, 1.82) is 5.26 Å². The van der Waals surface area contributed by atoms with Crippen LogP contribution in [0.25, 0.3) is 0 Å². The Morgan fingerprint density at radius 3 is 2.64 bits per heavy atom. The summed E-state index contributed by atoms with van der Waals surface area (Å²) >= 11 is 0. The van der Waals surface area contributed by atoms with Gasteiger partial charge in [0.25, 0.3) is 5.56 Å². The summed E-state index contributed by atoms with van der Waals surface area (Å²) in [6.07, 6.45) is 4.16. The van der Waals surface area contributed by atoms with Crippen LogP contribution in [0.15, 0.2) is 4.79 Å². The molecule has 0 radical (unpaired) electrons. The van der Waals surface area contributed by atoms with Crippen molar-refractivity contribution in [2.24, 2.45) is 5.92 Å². The SMILES string of the molecule is Cc1nn(CC(=O)NC(=O)N[C@H]2CCCC[C@H]2C)c(=O)c(C#N)c1C. The van der Waals surface area contributed by atoms with Crippen molar-refractivity contribution >= 4 is 11.9 Å². The minimum absolute atomic E-state index is 0.0409. The van der Waals surface area contributed by atoms with E-state index in [2.05, 4.69) is 22.7 Å². The number of imide groups is 1. The Kier molecular flexibility index (Phi) is 5.91. The number of carbonyl (C=O) groups excluding carboxylic acids is 2. The number of nitrogens with zero attached hydrogens (tertiary/aromatic N) is 3. The Bertz CT molecular complexity index is 778. The number of carbonyl (C=O) groups is 2. The Labute approximate surface area is 146 Å². The number of urea groups is 1. The molecule has 0 aromatic carbocycles. The topological polar surface area (TPSA) is 117 Å². The number of nitriles is 1. The molecule has 2 atom stereocenters. The Morgan fingerprint density at radius 1 is 1.32 bits per heavy atom.